The first-order valence-electron chi connectivity index (χ1n) is 23.1. The minimum absolute atomic E-state index is 0.0973. The highest BCUT2D eigenvalue weighted by Gasteiger charge is 2.28. The Bertz CT molecular complexity index is 2410. The van der Waals surface area contributed by atoms with Crippen LogP contribution in [0.5, 0.6) is 0 Å². The Morgan fingerprint density at radius 3 is 1.05 bits per heavy atom. The van der Waals surface area contributed by atoms with Crippen molar-refractivity contribution < 1.29 is 4.42 Å². The summed E-state index contributed by atoms with van der Waals surface area (Å²) in [5.74, 6) is 0.722. The second kappa shape index (κ2) is 24.2. The molecule has 0 aliphatic heterocycles. The van der Waals surface area contributed by atoms with Gasteiger partial charge in [-0.2, -0.15) is 0 Å². The molecule has 0 atom stereocenters. The Hall–Kier alpha value is -4.69. The third-order valence-corrected chi connectivity index (χ3v) is 11.3. The first-order valence-corrected chi connectivity index (χ1v) is 23.1. The van der Waals surface area contributed by atoms with Crippen molar-refractivity contribution in [1.29, 1.82) is 0 Å². The third-order valence-electron chi connectivity index (χ3n) is 11.3. The Kier molecular flexibility index (Phi) is 20.2. The molecule has 62 heavy (non-hydrogen) atoms. The van der Waals surface area contributed by atoms with Gasteiger partial charge in [-0.15, -0.1) is 0 Å². The molecule has 0 bridgehead atoms. The molecule has 2 heteroatoms. The van der Waals surface area contributed by atoms with Crippen molar-refractivity contribution in [2.24, 2.45) is 0 Å². The number of benzene rings is 2. The van der Waals surface area contributed by atoms with Crippen LogP contribution in [0.15, 0.2) is 120 Å². The van der Waals surface area contributed by atoms with Crippen LogP contribution >= 0.6 is 0 Å². The van der Waals surface area contributed by atoms with E-state index < -0.39 is 0 Å². The molecule has 0 unspecified atom stereocenters. The molecule has 2 nitrogen and oxygen atoms in total. The summed E-state index contributed by atoms with van der Waals surface area (Å²) in [5.41, 5.74) is 24.1. The van der Waals surface area contributed by atoms with Crippen LogP contribution in [0.3, 0.4) is 0 Å². The Morgan fingerprint density at radius 1 is 0.355 bits per heavy atom. The van der Waals surface area contributed by atoms with Gasteiger partial charge in [0.05, 0.1) is 5.39 Å². The summed E-state index contributed by atoms with van der Waals surface area (Å²) in [6.45, 7) is 39.1. The zero-order valence-electron chi connectivity index (χ0n) is 42.5. The lowest BCUT2D eigenvalue weighted by Gasteiger charge is -2.24. The standard InChI is InChI=1S/C60H82O2/c1-38(2)19-28-47-37-56(52(33-24-43(11)12)49(30-21-40(5)6)48(47)29-20-39(3)4)59-55(36-27-46(17)18)58(61)57-53(34-25-44(13)14)50(31-22-41(7)8)51(32-23-42(9)10)54(60(57)62-59)35-26-45(15)16/h19-27,37H,28-36H2,1-18H3. The minimum Gasteiger partial charge on any atom is -0.455 e. The molecule has 3 aromatic rings. The van der Waals surface area contributed by atoms with Gasteiger partial charge in [0.1, 0.15) is 11.3 Å². The summed E-state index contributed by atoms with van der Waals surface area (Å²) in [6, 6.07) is 2.40. The molecule has 0 aliphatic rings. The van der Waals surface area contributed by atoms with Crippen molar-refractivity contribution in [2.75, 3.05) is 0 Å². The molecule has 0 saturated heterocycles. The van der Waals surface area contributed by atoms with E-state index >= 15 is 4.79 Å². The van der Waals surface area contributed by atoms with E-state index in [9.17, 15) is 0 Å². The van der Waals surface area contributed by atoms with E-state index in [1.54, 1.807) is 0 Å². The predicted molar refractivity (Wildman–Crippen MR) is 276 cm³/mol. The molecule has 1 aromatic heterocycles. The van der Waals surface area contributed by atoms with E-state index in [0.29, 0.717) is 19.3 Å². The lowest BCUT2D eigenvalue weighted by Crippen LogP contribution is -2.18. The van der Waals surface area contributed by atoms with Crippen LogP contribution in [-0.2, 0) is 57.8 Å². The van der Waals surface area contributed by atoms with E-state index in [1.807, 2.05) is 0 Å². The number of hydrogen-bond acceptors (Lipinski definition) is 2. The maximum Gasteiger partial charge on any atom is 0.197 e. The largest absolute Gasteiger partial charge is 0.455 e. The monoisotopic (exact) mass is 835 g/mol. The van der Waals surface area contributed by atoms with Gasteiger partial charge in [-0.05, 0) is 227 Å². The SMILES string of the molecule is CC(C)=CCc1cc(-c2oc3c(CC=C(C)C)c(CC=C(C)C)c(CC=C(C)C)c(CC=C(C)C)c3c(=O)c2CC=C(C)C)c(CC=C(C)C)c(CC=C(C)C)c1CC=C(C)C. The highest BCUT2D eigenvalue weighted by Crippen LogP contribution is 2.40. The van der Waals surface area contributed by atoms with Gasteiger partial charge in [0.2, 0.25) is 0 Å². The highest BCUT2D eigenvalue weighted by atomic mass is 16.3. The second-order valence-corrected chi connectivity index (χ2v) is 19.7. The summed E-state index contributed by atoms with van der Waals surface area (Å²) in [4.78, 5) is 16.0. The Balaban J connectivity index is 2.96. The van der Waals surface area contributed by atoms with Gasteiger partial charge in [0.15, 0.2) is 5.43 Å². The van der Waals surface area contributed by atoms with Gasteiger partial charge >= 0.3 is 0 Å². The highest BCUT2D eigenvalue weighted by molar-refractivity contribution is 5.90. The molecular formula is C60H82O2. The fourth-order valence-electron chi connectivity index (χ4n) is 7.82. The van der Waals surface area contributed by atoms with Crippen LogP contribution in [0, 0.1) is 0 Å². The van der Waals surface area contributed by atoms with Crippen molar-refractivity contribution in [3.05, 3.63) is 171 Å². The molecule has 0 fully saturated rings. The average molecular weight is 835 g/mol. The average Bonchev–Trinajstić information content (AvgIpc) is 3.16. The molecule has 0 radical (unpaired) electrons. The lowest BCUT2D eigenvalue weighted by molar-refractivity contribution is 0.605. The zero-order valence-corrected chi connectivity index (χ0v) is 42.5. The van der Waals surface area contributed by atoms with Crippen molar-refractivity contribution >= 4 is 11.0 Å². The minimum atomic E-state index is 0.0973. The maximum atomic E-state index is 16.0. The molecule has 2 aromatic carbocycles. The van der Waals surface area contributed by atoms with Crippen molar-refractivity contribution in [3.8, 4) is 11.3 Å². The number of hydrogen-bond donors (Lipinski definition) is 0. The van der Waals surface area contributed by atoms with Gasteiger partial charge in [0.25, 0.3) is 0 Å². The molecule has 334 valence electrons. The summed E-state index contributed by atoms with van der Waals surface area (Å²) in [5, 5.41) is 0.749. The van der Waals surface area contributed by atoms with Gasteiger partial charge in [-0.1, -0.05) is 105 Å². The van der Waals surface area contributed by atoms with Gasteiger partial charge < -0.3 is 4.42 Å². The number of rotatable bonds is 19. The second-order valence-electron chi connectivity index (χ2n) is 19.7. The molecule has 0 aliphatic carbocycles. The molecular weight excluding hydrogens is 753 g/mol. The number of fused-ring (bicyclic) bond motifs is 1. The fourth-order valence-corrected chi connectivity index (χ4v) is 7.82. The Morgan fingerprint density at radius 2 is 0.645 bits per heavy atom. The molecule has 0 amide bonds. The molecule has 0 N–H and O–H groups in total. The molecule has 1 heterocycles. The number of allylic oxidation sites excluding steroid dienone is 18. The summed E-state index contributed by atoms with van der Waals surface area (Å²) >= 11 is 0. The first kappa shape index (κ1) is 51.7. The quantitative estimate of drug-likeness (QED) is 0.113. The van der Waals surface area contributed by atoms with Gasteiger partial charge in [0, 0.05) is 16.7 Å². The normalized spacial score (nSPS) is 10.7. The van der Waals surface area contributed by atoms with Crippen LogP contribution in [0.4, 0.5) is 0 Å². The van der Waals surface area contributed by atoms with Crippen LogP contribution in [0.2, 0.25) is 0 Å². The van der Waals surface area contributed by atoms with E-state index in [4.69, 9.17) is 4.42 Å². The van der Waals surface area contributed by atoms with E-state index in [0.717, 1.165) is 77.5 Å². The summed E-state index contributed by atoms with van der Waals surface area (Å²) in [6.07, 6.45) is 27.6. The Labute approximate surface area is 378 Å². The van der Waals surface area contributed by atoms with Gasteiger partial charge in [-0.25, -0.2) is 0 Å². The zero-order chi connectivity index (χ0) is 46.4. The van der Waals surface area contributed by atoms with Crippen LogP contribution in [0.25, 0.3) is 22.3 Å². The van der Waals surface area contributed by atoms with Crippen molar-refractivity contribution in [1.82, 2.24) is 0 Å². The van der Waals surface area contributed by atoms with Crippen LogP contribution in [0.1, 0.15) is 175 Å². The van der Waals surface area contributed by atoms with E-state index in [1.165, 1.54) is 83.5 Å². The maximum absolute atomic E-state index is 16.0. The third kappa shape index (κ3) is 15.0. The van der Waals surface area contributed by atoms with Crippen LogP contribution in [-0.4, -0.2) is 0 Å². The van der Waals surface area contributed by atoms with Crippen molar-refractivity contribution in [2.45, 2.75) is 182 Å². The first-order chi connectivity index (χ1) is 29.1. The molecule has 0 spiro atoms. The van der Waals surface area contributed by atoms with E-state index in [2.05, 4.69) is 185 Å². The van der Waals surface area contributed by atoms with Crippen molar-refractivity contribution in [3.63, 3.8) is 0 Å². The van der Waals surface area contributed by atoms with Crippen LogP contribution < -0.4 is 5.43 Å². The predicted octanol–water partition coefficient (Wildman–Crippen LogP) is 17.0. The topological polar surface area (TPSA) is 30.2 Å². The summed E-state index contributed by atoms with van der Waals surface area (Å²) in [7, 11) is 0. The fraction of sp³-hybridized carbons (Fsp3) is 0.450. The molecule has 3 rings (SSSR count). The van der Waals surface area contributed by atoms with E-state index in [-0.39, 0.29) is 5.43 Å². The lowest BCUT2D eigenvalue weighted by atomic mass is 9.82. The smallest absolute Gasteiger partial charge is 0.197 e. The summed E-state index contributed by atoms with van der Waals surface area (Å²) < 4.78 is 7.70. The molecule has 0 saturated carbocycles. The van der Waals surface area contributed by atoms with Gasteiger partial charge in [-0.3, -0.25) is 4.79 Å².